The summed E-state index contributed by atoms with van der Waals surface area (Å²) < 4.78 is 25.8. The molecule has 0 radical (unpaired) electrons. The van der Waals surface area contributed by atoms with E-state index in [1.165, 1.54) is 22.6 Å². The SMILES string of the molecule is CCCN(CCO)S(=O)(=O)c1ccc(C(N)=S)nc1. The number of nitrogens with zero attached hydrogens (tertiary/aromatic N) is 2. The maximum atomic E-state index is 12.3. The fourth-order valence-electron chi connectivity index (χ4n) is 1.54. The molecule has 0 aromatic carbocycles. The molecule has 19 heavy (non-hydrogen) atoms. The zero-order chi connectivity index (χ0) is 14.5. The van der Waals surface area contributed by atoms with Crippen molar-refractivity contribution < 1.29 is 13.5 Å². The lowest BCUT2D eigenvalue weighted by atomic mass is 10.3. The number of thiocarbonyl (C=S) groups is 1. The minimum Gasteiger partial charge on any atom is -0.395 e. The van der Waals surface area contributed by atoms with Crippen molar-refractivity contribution in [1.82, 2.24) is 9.29 Å². The predicted molar refractivity (Wildman–Crippen MR) is 76.3 cm³/mol. The number of hydrogen-bond acceptors (Lipinski definition) is 5. The Bertz CT molecular complexity index is 523. The van der Waals surface area contributed by atoms with Gasteiger partial charge in [-0.2, -0.15) is 4.31 Å². The first-order valence-electron chi connectivity index (χ1n) is 5.80. The van der Waals surface area contributed by atoms with Gasteiger partial charge in [-0.3, -0.25) is 4.98 Å². The van der Waals surface area contributed by atoms with Gasteiger partial charge >= 0.3 is 0 Å². The van der Waals surface area contributed by atoms with Crippen LogP contribution < -0.4 is 5.73 Å². The summed E-state index contributed by atoms with van der Waals surface area (Å²) in [5.41, 5.74) is 5.78. The standard InChI is InChI=1S/C11H17N3O3S2/c1-2-5-14(6-7-15)19(16,17)9-3-4-10(11(12)18)13-8-9/h3-4,8,15H,2,5-7H2,1H3,(H2,12,18). The van der Waals surface area contributed by atoms with Crippen molar-refractivity contribution in [2.75, 3.05) is 19.7 Å². The zero-order valence-electron chi connectivity index (χ0n) is 10.6. The van der Waals surface area contributed by atoms with Gasteiger partial charge in [0.1, 0.15) is 9.88 Å². The highest BCUT2D eigenvalue weighted by Gasteiger charge is 2.23. The number of hydrogen-bond donors (Lipinski definition) is 2. The molecule has 0 saturated heterocycles. The van der Waals surface area contributed by atoms with E-state index in [-0.39, 0.29) is 23.0 Å². The van der Waals surface area contributed by atoms with Crippen molar-refractivity contribution in [3.8, 4) is 0 Å². The molecule has 0 amide bonds. The molecule has 0 spiro atoms. The van der Waals surface area contributed by atoms with Crippen molar-refractivity contribution in [3.63, 3.8) is 0 Å². The van der Waals surface area contributed by atoms with Crippen LogP contribution in [-0.2, 0) is 10.0 Å². The Morgan fingerprint density at radius 3 is 2.58 bits per heavy atom. The van der Waals surface area contributed by atoms with Gasteiger partial charge in [0, 0.05) is 19.3 Å². The van der Waals surface area contributed by atoms with Crippen LogP contribution in [0, 0.1) is 0 Å². The van der Waals surface area contributed by atoms with E-state index in [2.05, 4.69) is 4.98 Å². The number of aromatic nitrogens is 1. The molecule has 0 saturated carbocycles. The molecule has 1 heterocycles. The van der Waals surface area contributed by atoms with Gasteiger partial charge in [-0.05, 0) is 18.6 Å². The first-order chi connectivity index (χ1) is 8.93. The van der Waals surface area contributed by atoms with E-state index in [1.54, 1.807) is 0 Å². The van der Waals surface area contributed by atoms with Crippen molar-refractivity contribution >= 4 is 27.2 Å². The molecule has 0 atom stereocenters. The molecule has 8 heteroatoms. The van der Waals surface area contributed by atoms with E-state index >= 15 is 0 Å². The Morgan fingerprint density at radius 1 is 1.47 bits per heavy atom. The Labute approximate surface area is 118 Å². The molecule has 1 aromatic rings. The van der Waals surface area contributed by atoms with E-state index in [1.807, 2.05) is 6.92 Å². The van der Waals surface area contributed by atoms with Crippen molar-refractivity contribution in [3.05, 3.63) is 24.0 Å². The average molecular weight is 303 g/mol. The Morgan fingerprint density at radius 2 is 2.16 bits per heavy atom. The highest BCUT2D eigenvalue weighted by molar-refractivity contribution is 7.89. The third-order valence-corrected chi connectivity index (χ3v) is 4.54. The van der Waals surface area contributed by atoms with E-state index in [0.29, 0.717) is 18.7 Å². The lowest BCUT2D eigenvalue weighted by molar-refractivity contribution is 0.253. The van der Waals surface area contributed by atoms with Crippen molar-refractivity contribution in [2.45, 2.75) is 18.2 Å². The smallest absolute Gasteiger partial charge is 0.244 e. The summed E-state index contributed by atoms with van der Waals surface area (Å²) in [7, 11) is -3.64. The molecular formula is C11H17N3O3S2. The fraction of sp³-hybridized carbons (Fsp3) is 0.455. The summed E-state index contributed by atoms with van der Waals surface area (Å²) in [6, 6.07) is 2.88. The van der Waals surface area contributed by atoms with Gasteiger partial charge in [0.15, 0.2) is 0 Å². The average Bonchev–Trinajstić information content (AvgIpc) is 2.38. The van der Waals surface area contributed by atoms with Crippen LogP contribution in [0.4, 0.5) is 0 Å². The number of rotatable bonds is 7. The Balaban J connectivity index is 3.07. The van der Waals surface area contributed by atoms with Gasteiger partial charge in [-0.15, -0.1) is 0 Å². The van der Waals surface area contributed by atoms with Gasteiger partial charge in [0.25, 0.3) is 0 Å². The molecule has 0 aliphatic rings. The summed E-state index contributed by atoms with van der Waals surface area (Å²) in [5.74, 6) is 0. The third kappa shape index (κ3) is 3.93. The monoisotopic (exact) mass is 303 g/mol. The van der Waals surface area contributed by atoms with Crippen LogP contribution >= 0.6 is 12.2 Å². The predicted octanol–water partition coefficient (Wildman–Crippen LogP) is 0.109. The summed E-state index contributed by atoms with van der Waals surface area (Å²) in [6.07, 6.45) is 1.89. The highest BCUT2D eigenvalue weighted by atomic mass is 32.2. The molecule has 0 fully saturated rings. The lowest BCUT2D eigenvalue weighted by Gasteiger charge is -2.20. The van der Waals surface area contributed by atoms with Crippen LogP contribution in [0.25, 0.3) is 0 Å². The minimum absolute atomic E-state index is 0.0627. The van der Waals surface area contributed by atoms with Crippen molar-refractivity contribution in [1.29, 1.82) is 0 Å². The van der Waals surface area contributed by atoms with E-state index in [0.717, 1.165) is 0 Å². The zero-order valence-corrected chi connectivity index (χ0v) is 12.2. The third-order valence-electron chi connectivity index (χ3n) is 2.45. The number of nitrogens with two attached hydrogens (primary N) is 1. The summed E-state index contributed by atoms with van der Waals surface area (Å²) in [4.78, 5) is 4.09. The van der Waals surface area contributed by atoms with Gasteiger partial charge in [-0.1, -0.05) is 19.1 Å². The summed E-state index contributed by atoms with van der Waals surface area (Å²) >= 11 is 4.76. The van der Waals surface area contributed by atoms with Gasteiger partial charge in [0.2, 0.25) is 10.0 Å². The maximum absolute atomic E-state index is 12.3. The number of sulfonamides is 1. The molecule has 0 aliphatic carbocycles. The molecule has 1 aromatic heterocycles. The molecule has 0 bridgehead atoms. The van der Waals surface area contributed by atoms with Crippen LogP contribution in [0.2, 0.25) is 0 Å². The normalized spacial score (nSPS) is 11.7. The molecule has 0 unspecified atom stereocenters. The van der Waals surface area contributed by atoms with Gasteiger partial charge in [0.05, 0.1) is 12.3 Å². The second kappa shape index (κ2) is 6.90. The fourth-order valence-corrected chi connectivity index (χ4v) is 3.13. The van der Waals surface area contributed by atoms with Crippen LogP contribution in [-0.4, -0.2) is 47.5 Å². The van der Waals surface area contributed by atoms with Crippen molar-refractivity contribution in [2.24, 2.45) is 5.73 Å². The number of pyridine rings is 1. The summed E-state index contributed by atoms with van der Waals surface area (Å²) in [5, 5.41) is 8.94. The molecule has 106 valence electrons. The highest BCUT2D eigenvalue weighted by Crippen LogP contribution is 2.15. The molecule has 1 rings (SSSR count). The van der Waals surface area contributed by atoms with Gasteiger partial charge in [-0.25, -0.2) is 8.42 Å². The first-order valence-corrected chi connectivity index (χ1v) is 7.65. The Hall–Kier alpha value is -1.09. The van der Waals surface area contributed by atoms with Crippen LogP contribution in [0.15, 0.2) is 23.2 Å². The quantitative estimate of drug-likeness (QED) is 0.694. The van der Waals surface area contributed by atoms with Crippen LogP contribution in [0.1, 0.15) is 19.0 Å². The Kier molecular flexibility index (Phi) is 5.80. The molecule has 3 N–H and O–H groups in total. The number of aliphatic hydroxyl groups excluding tert-OH is 1. The first kappa shape index (κ1) is 16.0. The second-order valence-corrected chi connectivity index (χ2v) is 6.25. The van der Waals surface area contributed by atoms with Crippen LogP contribution in [0.5, 0.6) is 0 Å². The largest absolute Gasteiger partial charge is 0.395 e. The second-order valence-electron chi connectivity index (χ2n) is 3.87. The van der Waals surface area contributed by atoms with E-state index in [4.69, 9.17) is 23.1 Å². The number of aliphatic hydroxyl groups is 1. The topological polar surface area (TPSA) is 96.5 Å². The summed E-state index contributed by atoms with van der Waals surface area (Å²) in [6.45, 7) is 2.05. The van der Waals surface area contributed by atoms with E-state index < -0.39 is 10.0 Å². The van der Waals surface area contributed by atoms with E-state index in [9.17, 15) is 8.42 Å². The lowest BCUT2D eigenvalue weighted by Crippen LogP contribution is -2.34. The molecule has 6 nitrogen and oxygen atoms in total. The minimum atomic E-state index is -3.64. The molecular weight excluding hydrogens is 286 g/mol. The van der Waals surface area contributed by atoms with Gasteiger partial charge < -0.3 is 10.8 Å². The molecule has 0 aliphatic heterocycles. The maximum Gasteiger partial charge on any atom is 0.244 e. The van der Waals surface area contributed by atoms with Crippen LogP contribution in [0.3, 0.4) is 0 Å².